The van der Waals surface area contributed by atoms with Crippen LogP contribution in [0.25, 0.3) is 11.2 Å². The van der Waals surface area contributed by atoms with Crippen LogP contribution in [0.1, 0.15) is 17.0 Å². The van der Waals surface area contributed by atoms with Gasteiger partial charge in [-0.05, 0) is 22.7 Å². The number of fused-ring (bicyclic) bond motifs is 1. The van der Waals surface area contributed by atoms with Gasteiger partial charge in [0.2, 0.25) is 5.28 Å². The lowest BCUT2D eigenvalue weighted by atomic mass is 10.1. The average molecular weight is 365 g/mol. The Morgan fingerprint density at radius 3 is 2.19 bits per heavy atom. The highest BCUT2D eigenvalue weighted by molar-refractivity contribution is 6.28. The van der Waals surface area contributed by atoms with Crippen LogP contribution in [0.2, 0.25) is 5.28 Å². The molecule has 0 bridgehead atoms. The minimum absolute atomic E-state index is 0.137. The number of hydrogen-bond acceptors (Lipinski definition) is 3. The summed E-state index contributed by atoms with van der Waals surface area (Å²) in [6, 6.07) is 20.1. The van der Waals surface area contributed by atoms with Gasteiger partial charge in [-0.3, -0.25) is 9.36 Å². The van der Waals surface area contributed by atoms with E-state index >= 15 is 0 Å². The zero-order valence-electron chi connectivity index (χ0n) is 14.3. The van der Waals surface area contributed by atoms with Crippen LogP contribution in [0.15, 0.2) is 65.5 Å². The zero-order valence-corrected chi connectivity index (χ0v) is 15.0. The summed E-state index contributed by atoms with van der Waals surface area (Å²) in [5.74, 6) is 0.793. The molecule has 5 nitrogen and oxygen atoms in total. The van der Waals surface area contributed by atoms with Crippen LogP contribution in [0.5, 0.6) is 0 Å². The van der Waals surface area contributed by atoms with Crippen LogP contribution >= 0.6 is 11.6 Å². The van der Waals surface area contributed by atoms with Crippen molar-refractivity contribution in [1.29, 1.82) is 0 Å². The van der Waals surface area contributed by atoms with E-state index in [1.807, 2.05) is 65.2 Å². The van der Waals surface area contributed by atoms with Crippen molar-refractivity contribution >= 4 is 22.8 Å². The van der Waals surface area contributed by atoms with Crippen molar-refractivity contribution in [3.05, 3.63) is 93.3 Å². The molecule has 2 aromatic heterocycles. The van der Waals surface area contributed by atoms with Gasteiger partial charge in [-0.25, -0.2) is 4.98 Å². The second-order valence-electron chi connectivity index (χ2n) is 6.18. The second-order valence-corrected chi connectivity index (χ2v) is 6.52. The molecule has 0 aliphatic carbocycles. The maximum atomic E-state index is 12.8. The van der Waals surface area contributed by atoms with E-state index in [2.05, 4.69) is 9.97 Å². The molecule has 0 amide bonds. The molecule has 0 spiro atoms. The number of imidazole rings is 1. The highest BCUT2D eigenvalue weighted by atomic mass is 35.5. The third-order valence-corrected chi connectivity index (χ3v) is 4.74. The van der Waals surface area contributed by atoms with Gasteiger partial charge in [-0.2, -0.15) is 4.98 Å². The van der Waals surface area contributed by atoms with Crippen LogP contribution in [-0.4, -0.2) is 19.1 Å². The number of benzene rings is 2. The number of aromatic nitrogens is 4. The Morgan fingerprint density at radius 1 is 0.923 bits per heavy atom. The predicted octanol–water partition coefficient (Wildman–Crippen LogP) is 3.42. The molecule has 0 fully saturated rings. The Kier molecular flexibility index (Phi) is 4.31. The number of hydrogen-bond donors (Lipinski definition) is 0. The monoisotopic (exact) mass is 364 g/mol. The molecular weight excluding hydrogens is 348 g/mol. The minimum Gasteiger partial charge on any atom is -0.317 e. The van der Waals surface area contributed by atoms with E-state index in [1.54, 1.807) is 7.05 Å². The lowest BCUT2D eigenvalue weighted by molar-refractivity contribution is 0.751. The van der Waals surface area contributed by atoms with Crippen LogP contribution in [0.4, 0.5) is 0 Å². The predicted molar refractivity (Wildman–Crippen MR) is 103 cm³/mol. The summed E-state index contributed by atoms with van der Waals surface area (Å²) in [5, 5.41) is 0.137. The fourth-order valence-electron chi connectivity index (χ4n) is 3.03. The maximum absolute atomic E-state index is 12.8. The Bertz CT molecular complexity index is 1120. The fourth-order valence-corrected chi connectivity index (χ4v) is 3.19. The molecule has 0 atom stereocenters. The molecule has 26 heavy (non-hydrogen) atoms. The van der Waals surface area contributed by atoms with E-state index in [0.29, 0.717) is 24.1 Å². The average Bonchev–Trinajstić information content (AvgIpc) is 2.98. The molecule has 0 radical (unpaired) electrons. The SMILES string of the molecule is Cn1c(Cl)nc2nc(Cc3ccccc3)n(Cc3ccccc3)c2c1=O. The number of rotatable bonds is 4. The van der Waals surface area contributed by atoms with Crippen molar-refractivity contribution in [3.63, 3.8) is 0 Å². The number of halogens is 1. The highest BCUT2D eigenvalue weighted by Gasteiger charge is 2.18. The molecule has 130 valence electrons. The van der Waals surface area contributed by atoms with Crippen molar-refractivity contribution in [2.75, 3.05) is 0 Å². The molecule has 2 aromatic carbocycles. The van der Waals surface area contributed by atoms with Crippen LogP contribution < -0.4 is 5.56 Å². The summed E-state index contributed by atoms with van der Waals surface area (Å²) in [4.78, 5) is 21.7. The molecule has 0 N–H and O–H groups in total. The van der Waals surface area contributed by atoms with E-state index < -0.39 is 0 Å². The maximum Gasteiger partial charge on any atom is 0.280 e. The van der Waals surface area contributed by atoms with Crippen LogP contribution in [0, 0.1) is 0 Å². The first kappa shape index (κ1) is 16.5. The lowest BCUT2D eigenvalue weighted by Gasteiger charge is -2.10. The first-order chi connectivity index (χ1) is 12.6. The quantitative estimate of drug-likeness (QED) is 0.521. The molecule has 0 saturated heterocycles. The van der Waals surface area contributed by atoms with E-state index in [1.165, 1.54) is 4.57 Å². The summed E-state index contributed by atoms with van der Waals surface area (Å²) in [7, 11) is 1.62. The molecule has 0 aliphatic rings. The molecular formula is C20H17ClN4O. The summed E-state index contributed by atoms with van der Waals surface area (Å²) in [6.07, 6.45) is 0.616. The topological polar surface area (TPSA) is 52.7 Å². The third kappa shape index (κ3) is 3.02. The summed E-state index contributed by atoms with van der Waals surface area (Å²) in [5.41, 5.74) is 2.90. The summed E-state index contributed by atoms with van der Waals surface area (Å²) < 4.78 is 3.29. The lowest BCUT2D eigenvalue weighted by Crippen LogP contribution is -2.21. The van der Waals surface area contributed by atoms with Gasteiger partial charge in [-0.15, -0.1) is 0 Å². The van der Waals surface area contributed by atoms with E-state index in [-0.39, 0.29) is 10.8 Å². The molecule has 0 unspecified atom stereocenters. The molecule has 2 heterocycles. The molecule has 0 saturated carbocycles. The normalized spacial score (nSPS) is 11.2. The van der Waals surface area contributed by atoms with Crippen molar-refractivity contribution in [1.82, 2.24) is 19.1 Å². The first-order valence-corrected chi connectivity index (χ1v) is 8.71. The summed E-state index contributed by atoms with van der Waals surface area (Å²) in [6.45, 7) is 0.554. The van der Waals surface area contributed by atoms with Gasteiger partial charge in [-0.1, -0.05) is 60.7 Å². The summed E-state index contributed by atoms with van der Waals surface area (Å²) >= 11 is 6.08. The molecule has 0 aliphatic heterocycles. The minimum atomic E-state index is -0.192. The Balaban J connectivity index is 1.90. The van der Waals surface area contributed by atoms with E-state index in [4.69, 9.17) is 11.6 Å². The Hall–Kier alpha value is -2.92. The van der Waals surface area contributed by atoms with Gasteiger partial charge >= 0.3 is 0 Å². The van der Waals surface area contributed by atoms with Crippen LogP contribution in [0.3, 0.4) is 0 Å². The van der Waals surface area contributed by atoms with E-state index in [9.17, 15) is 4.79 Å². The zero-order chi connectivity index (χ0) is 18.1. The standard InChI is InChI=1S/C20H17ClN4O/c1-24-19(26)17-18(23-20(24)21)22-16(12-14-8-4-2-5-9-14)25(17)13-15-10-6-3-7-11-15/h2-11H,12-13H2,1H3. The first-order valence-electron chi connectivity index (χ1n) is 8.33. The molecule has 4 aromatic rings. The molecule has 6 heteroatoms. The van der Waals surface area contributed by atoms with Gasteiger partial charge in [0.15, 0.2) is 11.2 Å². The van der Waals surface area contributed by atoms with Gasteiger partial charge in [0, 0.05) is 20.0 Å². The van der Waals surface area contributed by atoms with E-state index in [0.717, 1.165) is 17.0 Å². The van der Waals surface area contributed by atoms with Crippen molar-refractivity contribution < 1.29 is 0 Å². The number of nitrogens with zero attached hydrogens (tertiary/aromatic N) is 4. The van der Waals surface area contributed by atoms with Gasteiger partial charge in [0.25, 0.3) is 5.56 Å². The second kappa shape index (κ2) is 6.77. The van der Waals surface area contributed by atoms with Crippen molar-refractivity contribution in [3.8, 4) is 0 Å². The smallest absolute Gasteiger partial charge is 0.280 e. The van der Waals surface area contributed by atoms with Crippen LogP contribution in [-0.2, 0) is 20.0 Å². The van der Waals surface area contributed by atoms with Gasteiger partial charge in [0.05, 0.1) is 0 Å². The van der Waals surface area contributed by atoms with Gasteiger partial charge < -0.3 is 4.57 Å². The Morgan fingerprint density at radius 2 is 1.54 bits per heavy atom. The Labute approximate surface area is 155 Å². The molecule has 4 rings (SSSR count). The van der Waals surface area contributed by atoms with Crippen molar-refractivity contribution in [2.45, 2.75) is 13.0 Å². The highest BCUT2D eigenvalue weighted by Crippen LogP contribution is 2.18. The van der Waals surface area contributed by atoms with Gasteiger partial charge in [0.1, 0.15) is 5.82 Å². The largest absolute Gasteiger partial charge is 0.317 e. The third-order valence-electron chi connectivity index (χ3n) is 4.40. The van der Waals surface area contributed by atoms with Crippen molar-refractivity contribution in [2.24, 2.45) is 7.05 Å². The fraction of sp³-hybridized carbons (Fsp3) is 0.150.